The largest absolute Gasteiger partial charge is 0.395 e. The molecule has 7 nitrogen and oxygen atoms in total. The van der Waals surface area contributed by atoms with E-state index in [0.717, 1.165) is 16.6 Å². The summed E-state index contributed by atoms with van der Waals surface area (Å²) in [5.74, 6) is 0.333. The summed E-state index contributed by atoms with van der Waals surface area (Å²) in [7, 11) is 0. The molecule has 0 aliphatic carbocycles. The molecule has 3 rings (SSSR count). The van der Waals surface area contributed by atoms with Crippen LogP contribution in [0.3, 0.4) is 0 Å². The lowest BCUT2D eigenvalue weighted by Crippen LogP contribution is -2.14. The Bertz CT molecular complexity index is 793. The van der Waals surface area contributed by atoms with Crippen molar-refractivity contribution in [2.24, 2.45) is 0 Å². The predicted octanol–water partition coefficient (Wildman–Crippen LogP) is 0.717. The summed E-state index contributed by atoms with van der Waals surface area (Å²) >= 11 is 0. The van der Waals surface area contributed by atoms with Crippen LogP contribution in [0.1, 0.15) is 0 Å². The highest BCUT2D eigenvalue weighted by Gasteiger charge is 2.09. The van der Waals surface area contributed by atoms with Crippen molar-refractivity contribution in [2.45, 2.75) is 0 Å². The van der Waals surface area contributed by atoms with Gasteiger partial charge >= 0.3 is 0 Å². The second-order valence-electron chi connectivity index (χ2n) is 4.23. The van der Waals surface area contributed by atoms with Gasteiger partial charge in [0.25, 0.3) is 5.56 Å². The molecule has 7 heteroatoms. The van der Waals surface area contributed by atoms with E-state index in [1.165, 1.54) is 6.07 Å². The summed E-state index contributed by atoms with van der Waals surface area (Å²) in [5.41, 5.74) is 1.85. The minimum atomic E-state index is -0.256. The maximum absolute atomic E-state index is 11.7. The quantitative estimate of drug-likeness (QED) is 0.559. The van der Waals surface area contributed by atoms with Crippen molar-refractivity contribution in [1.82, 2.24) is 19.9 Å². The maximum Gasteiger partial charge on any atom is 0.252 e. The molecular weight excluding hydrogens is 258 g/mol. The van der Waals surface area contributed by atoms with E-state index in [9.17, 15) is 4.79 Å². The molecular formula is C13H13N5O2. The number of anilines is 1. The number of fused-ring (bicyclic) bond motifs is 1. The van der Waals surface area contributed by atoms with E-state index in [1.54, 1.807) is 12.4 Å². The summed E-state index contributed by atoms with van der Waals surface area (Å²) in [6.45, 7) is 0.285. The minimum absolute atomic E-state index is 0.0368. The molecule has 20 heavy (non-hydrogen) atoms. The molecule has 0 saturated carbocycles. The summed E-state index contributed by atoms with van der Waals surface area (Å²) in [4.78, 5) is 25.8. The topological polar surface area (TPSA) is 107 Å². The minimum Gasteiger partial charge on any atom is -0.395 e. The molecule has 102 valence electrons. The molecule has 0 atom stereocenters. The van der Waals surface area contributed by atoms with E-state index in [-0.39, 0.29) is 12.2 Å². The molecule has 0 amide bonds. The van der Waals surface area contributed by atoms with Gasteiger partial charge in [-0.15, -0.1) is 0 Å². The molecule has 0 aliphatic rings. The third kappa shape index (κ3) is 2.26. The summed E-state index contributed by atoms with van der Waals surface area (Å²) in [5, 5.41) is 12.5. The molecule has 3 heterocycles. The van der Waals surface area contributed by atoms with Gasteiger partial charge in [0.2, 0.25) is 5.95 Å². The number of aliphatic hydroxyl groups excluding tert-OH is 1. The predicted molar refractivity (Wildman–Crippen MR) is 75.5 cm³/mol. The maximum atomic E-state index is 11.7. The fourth-order valence-corrected chi connectivity index (χ4v) is 2.02. The van der Waals surface area contributed by atoms with Gasteiger partial charge in [-0.2, -0.15) is 0 Å². The molecule has 0 bridgehead atoms. The average molecular weight is 271 g/mol. The third-order valence-corrected chi connectivity index (χ3v) is 2.87. The first-order valence-electron chi connectivity index (χ1n) is 6.16. The molecule has 0 unspecified atom stereocenters. The van der Waals surface area contributed by atoms with Crippen molar-refractivity contribution in [1.29, 1.82) is 0 Å². The van der Waals surface area contributed by atoms with Gasteiger partial charge in [-0.05, 0) is 12.1 Å². The molecule has 0 aromatic carbocycles. The SMILES string of the molecule is O=c1cc(-c2c[nH]c3ncccc23)nc(NCCO)[nH]1. The molecule has 0 saturated heterocycles. The first kappa shape index (κ1) is 12.4. The molecule has 0 spiro atoms. The van der Waals surface area contributed by atoms with Gasteiger partial charge in [-0.25, -0.2) is 9.97 Å². The van der Waals surface area contributed by atoms with Crippen LogP contribution in [-0.2, 0) is 0 Å². The van der Waals surface area contributed by atoms with Crippen molar-refractivity contribution in [3.63, 3.8) is 0 Å². The standard InChI is InChI=1S/C13H13N5O2/c19-5-4-15-13-17-10(6-11(20)18-13)9-7-16-12-8(9)2-1-3-14-12/h1-3,6-7,19H,4-5H2,(H,14,16)(H2,15,17,18,20). The smallest absolute Gasteiger partial charge is 0.252 e. The highest BCUT2D eigenvalue weighted by atomic mass is 16.3. The second-order valence-corrected chi connectivity index (χ2v) is 4.23. The molecule has 4 N–H and O–H groups in total. The van der Waals surface area contributed by atoms with Crippen LogP contribution in [0.4, 0.5) is 5.95 Å². The number of rotatable bonds is 4. The zero-order chi connectivity index (χ0) is 13.9. The number of aromatic nitrogens is 4. The average Bonchev–Trinajstić information content (AvgIpc) is 2.88. The lowest BCUT2D eigenvalue weighted by molar-refractivity contribution is 0.311. The van der Waals surface area contributed by atoms with Crippen molar-refractivity contribution >= 4 is 17.0 Å². The number of hydrogen-bond acceptors (Lipinski definition) is 5. The van der Waals surface area contributed by atoms with Crippen LogP contribution < -0.4 is 10.9 Å². The van der Waals surface area contributed by atoms with Crippen LogP contribution in [0.2, 0.25) is 0 Å². The van der Waals surface area contributed by atoms with Crippen LogP contribution in [-0.4, -0.2) is 38.2 Å². The van der Waals surface area contributed by atoms with Gasteiger partial charge in [0.1, 0.15) is 5.65 Å². The fraction of sp³-hybridized carbons (Fsp3) is 0.154. The number of hydrogen-bond donors (Lipinski definition) is 4. The Morgan fingerprint density at radius 2 is 2.30 bits per heavy atom. The van der Waals surface area contributed by atoms with Crippen molar-refractivity contribution in [3.8, 4) is 11.3 Å². The Morgan fingerprint density at radius 1 is 1.40 bits per heavy atom. The molecule has 0 fully saturated rings. The zero-order valence-corrected chi connectivity index (χ0v) is 10.6. The van der Waals surface area contributed by atoms with E-state index in [0.29, 0.717) is 18.2 Å². The number of aromatic amines is 2. The van der Waals surface area contributed by atoms with E-state index in [4.69, 9.17) is 5.11 Å². The second kappa shape index (κ2) is 5.14. The Hall–Kier alpha value is -2.67. The van der Waals surface area contributed by atoms with Gasteiger partial charge in [0, 0.05) is 36.0 Å². The first-order chi connectivity index (χ1) is 9.78. The van der Waals surface area contributed by atoms with E-state index < -0.39 is 0 Å². The summed E-state index contributed by atoms with van der Waals surface area (Å²) < 4.78 is 0. The van der Waals surface area contributed by atoms with Crippen molar-refractivity contribution in [3.05, 3.63) is 40.9 Å². The number of H-pyrrole nitrogens is 2. The Morgan fingerprint density at radius 3 is 3.15 bits per heavy atom. The normalized spacial score (nSPS) is 10.8. The zero-order valence-electron chi connectivity index (χ0n) is 10.6. The first-order valence-corrected chi connectivity index (χ1v) is 6.16. The molecule has 3 aromatic rings. The lowest BCUT2D eigenvalue weighted by atomic mass is 10.1. The van der Waals surface area contributed by atoms with E-state index in [2.05, 4.69) is 25.3 Å². The van der Waals surface area contributed by atoms with E-state index in [1.807, 2.05) is 12.1 Å². The Balaban J connectivity index is 2.09. The number of nitrogens with zero attached hydrogens (tertiary/aromatic N) is 2. The number of nitrogens with one attached hydrogen (secondary N) is 3. The number of pyridine rings is 1. The molecule has 0 aliphatic heterocycles. The Kier molecular flexibility index (Phi) is 3.18. The number of aliphatic hydroxyl groups is 1. The van der Waals surface area contributed by atoms with E-state index >= 15 is 0 Å². The highest BCUT2D eigenvalue weighted by Crippen LogP contribution is 2.25. The monoisotopic (exact) mass is 271 g/mol. The van der Waals surface area contributed by atoms with Gasteiger partial charge < -0.3 is 15.4 Å². The van der Waals surface area contributed by atoms with Crippen molar-refractivity contribution in [2.75, 3.05) is 18.5 Å². The lowest BCUT2D eigenvalue weighted by Gasteiger charge is -2.05. The molecule has 0 radical (unpaired) electrons. The van der Waals surface area contributed by atoms with Gasteiger partial charge in [-0.1, -0.05) is 0 Å². The third-order valence-electron chi connectivity index (χ3n) is 2.87. The molecule has 3 aromatic heterocycles. The van der Waals surface area contributed by atoms with Crippen LogP contribution >= 0.6 is 0 Å². The van der Waals surface area contributed by atoms with Gasteiger partial charge in [-0.3, -0.25) is 9.78 Å². The van der Waals surface area contributed by atoms with Crippen LogP contribution in [0.5, 0.6) is 0 Å². The fourth-order valence-electron chi connectivity index (χ4n) is 2.02. The highest BCUT2D eigenvalue weighted by molar-refractivity contribution is 5.92. The van der Waals surface area contributed by atoms with Crippen LogP contribution in [0.25, 0.3) is 22.3 Å². The van der Waals surface area contributed by atoms with Crippen LogP contribution in [0, 0.1) is 0 Å². The Labute approximate surface area is 113 Å². The van der Waals surface area contributed by atoms with Gasteiger partial charge in [0.15, 0.2) is 0 Å². The van der Waals surface area contributed by atoms with Crippen molar-refractivity contribution < 1.29 is 5.11 Å². The van der Waals surface area contributed by atoms with Gasteiger partial charge in [0.05, 0.1) is 12.3 Å². The summed E-state index contributed by atoms with van der Waals surface area (Å²) in [6, 6.07) is 5.18. The summed E-state index contributed by atoms with van der Waals surface area (Å²) in [6.07, 6.45) is 3.47. The van der Waals surface area contributed by atoms with Crippen LogP contribution in [0.15, 0.2) is 35.4 Å².